The Balaban J connectivity index is 2.26. The highest BCUT2D eigenvalue weighted by atomic mass is 35.5. The van der Waals surface area contributed by atoms with Crippen LogP contribution in [0.1, 0.15) is 15.9 Å². The van der Waals surface area contributed by atoms with E-state index in [9.17, 15) is 4.79 Å². The van der Waals surface area contributed by atoms with Crippen molar-refractivity contribution in [1.82, 2.24) is 0 Å². The summed E-state index contributed by atoms with van der Waals surface area (Å²) in [6.45, 7) is 1.87. The van der Waals surface area contributed by atoms with Gasteiger partial charge in [0.15, 0.2) is 0 Å². The maximum atomic E-state index is 12.2. The number of amides is 1. The summed E-state index contributed by atoms with van der Waals surface area (Å²) >= 11 is 12.0. The highest BCUT2D eigenvalue weighted by molar-refractivity contribution is 6.40. The number of hydrogen-bond donors (Lipinski definition) is 1. The van der Waals surface area contributed by atoms with Crippen molar-refractivity contribution in [3.05, 3.63) is 57.6 Å². The van der Waals surface area contributed by atoms with E-state index in [2.05, 4.69) is 5.32 Å². The quantitative estimate of drug-likeness (QED) is 0.902. The summed E-state index contributed by atoms with van der Waals surface area (Å²) in [6.07, 6.45) is 0. The molecule has 1 amide bonds. The van der Waals surface area contributed by atoms with Gasteiger partial charge < -0.3 is 10.1 Å². The molecule has 20 heavy (non-hydrogen) atoms. The lowest BCUT2D eigenvalue weighted by Gasteiger charge is -2.10. The Bertz CT molecular complexity index is 636. The number of aryl methyl sites for hydroxylation is 1. The van der Waals surface area contributed by atoms with Crippen molar-refractivity contribution in [3.63, 3.8) is 0 Å². The van der Waals surface area contributed by atoms with Crippen molar-refractivity contribution < 1.29 is 9.53 Å². The van der Waals surface area contributed by atoms with Gasteiger partial charge >= 0.3 is 0 Å². The van der Waals surface area contributed by atoms with Crippen LogP contribution in [0.3, 0.4) is 0 Å². The van der Waals surface area contributed by atoms with Crippen LogP contribution in [-0.4, -0.2) is 13.0 Å². The van der Waals surface area contributed by atoms with Gasteiger partial charge in [-0.25, -0.2) is 0 Å². The first-order valence-corrected chi connectivity index (χ1v) is 6.68. The fourth-order valence-corrected chi connectivity index (χ4v) is 2.31. The third-order valence-electron chi connectivity index (χ3n) is 2.86. The molecular weight excluding hydrogens is 297 g/mol. The lowest BCUT2D eigenvalue weighted by molar-refractivity contribution is 0.102. The van der Waals surface area contributed by atoms with Gasteiger partial charge in [0.1, 0.15) is 5.75 Å². The first-order chi connectivity index (χ1) is 9.52. The molecule has 104 valence electrons. The van der Waals surface area contributed by atoms with Crippen LogP contribution in [-0.2, 0) is 0 Å². The highest BCUT2D eigenvalue weighted by Gasteiger charge is 2.12. The number of anilines is 1. The third-order valence-corrected chi connectivity index (χ3v) is 3.49. The predicted octanol–water partition coefficient (Wildman–Crippen LogP) is 4.56. The van der Waals surface area contributed by atoms with Crippen LogP contribution < -0.4 is 10.1 Å². The van der Waals surface area contributed by atoms with Crippen LogP contribution in [0.4, 0.5) is 5.69 Å². The number of nitrogens with one attached hydrogen (secondary N) is 1. The standard InChI is InChI=1S/C15H13Cl2NO2/c1-9-8-10(6-7-13(9)20-2)15(19)18-14-11(16)4-3-5-12(14)17/h3-8H,1-2H3,(H,18,19). The number of carbonyl (C=O) groups excluding carboxylic acids is 1. The van der Waals surface area contributed by atoms with Gasteiger partial charge in [-0.1, -0.05) is 29.3 Å². The summed E-state index contributed by atoms with van der Waals surface area (Å²) < 4.78 is 5.16. The first-order valence-electron chi connectivity index (χ1n) is 5.93. The SMILES string of the molecule is COc1ccc(C(=O)Nc2c(Cl)cccc2Cl)cc1C. The molecule has 0 aliphatic rings. The molecule has 0 heterocycles. The fraction of sp³-hybridized carbons (Fsp3) is 0.133. The summed E-state index contributed by atoms with van der Waals surface area (Å²) in [7, 11) is 1.59. The van der Waals surface area contributed by atoms with Gasteiger partial charge in [-0.15, -0.1) is 0 Å². The van der Waals surface area contributed by atoms with Crippen molar-refractivity contribution in [3.8, 4) is 5.75 Å². The van der Waals surface area contributed by atoms with Crippen LogP contribution >= 0.6 is 23.2 Å². The number of rotatable bonds is 3. The fourth-order valence-electron chi connectivity index (χ4n) is 1.82. The van der Waals surface area contributed by atoms with Crippen LogP contribution in [0, 0.1) is 6.92 Å². The molecule has 0 atom stereocenters. The van der Waals surface area contributed by atoms with Crippen molar-refractivity contribution in [2.24, 2.45) is 0 Å². The zero-order valence-corrected chi connectivity index (χ0v) is 12.5. The summed E-state index contributed by atoms with van der Waals surface area (Å²) in [6, 6.07) is 10.2. The van der Waals surface area contributed by atoms with Gasteiger partial charge in [0, 0.05) is 5.56 Å². The summed E-state index contributed by atoms with van der Waals surface area (Å²) in [5.41, 5.74) is 1.80. The van der Waals surface area contributed by atoms with E-state index in [1.807, 2.05) is 6.92 Å². The molecule has 0 radical (unpaired) electrons. The Labute approximate surface area is 127 Å². The van der Waals surface area contributed by atoms with E-state index in [0.717, 1.165) is 11.3 Å². The molecule has 0 saturated heterocycles. The Kier molecular flexibility index (Phi) is 4.53. The molecule has 0 aliphatic carbocycles. The van der Waals surface area contributed by atoms with E-state index in [1.54, 1.807) is 43.5 Å². The molecule has 2 aromatic rings. The minimum Gasteiger partial charge on any atom is -0.496 e. The number of para-hydroxylation sites is 1. The zero-order valence-electron chi connectivity index (χ0n) is 11.0. The van der Waals surface area contributed by atoms with E-state index in [0.29, 0.717) is 21.3 Å². The maximum Gasteiger partial charge on any atom is 0.255 e. The lowest BCUT2D eigenvalue weighted by Crippen LogP contribution is -2.12. The molecule has 5 heteroatoms. The Morgan fingerprint density at radius 2 is 1.80 bits per heavy atom. The minimum absolute atomic E-state index is 0.272. The van der Waals surface area contributed by atoms with Crippen LogP contribution in [0.2, 0.25) is 10.0 Å². The van der Waals surface area contributed by atoms with Crippen molar-refractivity contribution in [2.75, 3.05) is 12.4 Å². The van der Waals surface area contributed by atoms with Crippen LogP contribution in [0.25, 0.3) is 0 Å². The predicted molar refractivity (Wildman–Crippen MR) is 82.1 cm³/mol. The topological polar surface area (TPSA) is 38.3 Å². The van der Waals surface area contributed by atoms with Crippen molar-refractivity contribution in [1.29, 1.82) is 0 Å². The second kappa shape index (κ2) is 6.16. The van der Waals surface area contributed by atoms with Gasteiger partial charge in [0.2, 0.25) is 0 Å². The number of carbonyl (C=O) groups is 1. The summed E-state index contributed by atoms with van der Waals surface area (Å²) in [5.74, 6) is 0.461. The molecule has 0 aromatic heterocycles. The molecule has 0 spiro atoms. The molecule has 3 nitrogen and oxygen atoms in total. The molecule has 0 unspecified atom stereocenters. The molecule has 0 fully saturated rings. The van der Waals surface area contributed by atoms with Crippen LogP contribution in [0.15, 0.2) is 36.4 Å². The Morgan fingerprint density at radius 1 is 1.15 bits per heavy atom. The average molecular weight is 310 g/mol. The minimum atomic E-state index is -0.272. The molecule has 0 bridgehead atoms. The number of benzene rings is 2. The number of methoxy groups -OCH3 is 1. The molecule has 2 rings (SSSR count). The Morgan fingerprint density at radius 3 is 2.35 bits per heavy atom. The van der Waals surface area contributed by atoms with Gasteiger partial charge in [0.05, 0.1) is 22.8 Å². The molecule has 0 saturated carbocycles. The van der Waals surface area contributed by atoms with Gasteiger partial charge in [-0.3, -0.25) is 4.79 Å². The Hall–Kier alpha value is -1.71. The molecular formula is C15H13Cl2NO2. The normalized spacial score (nSPS) is 10.2. The van der Waals surface area contributed by atoms with Gasteiger partial charge in [-0.05, 0) is 42.8 Å². The second-order valence-corrected chi connectivity index (χ2v) is 5.05. The largest absolute Gasteiger partial charge is 0.496 e. The van der Waals surface area contributed by atoms with Gasteiger partial charge in [-0.2, -0.15) is 0 Å². The highest BCUT2D eigenvalue weighted by Crippen LogP contribution is 2.30. The lowest BCUT2D eigenvalue weighted by atomic mass is 10.1. The van der Waals surface area contributed by atoms with Crippen molar-refractivity contribution in [2.45, 2.75) is 6.92 Å². The van der Waals surface area contributed by atoms with Crippen molar-refractivity contribution >= 4 is 34.8 Å². The molecule has 0 aliphatic heterocycles. The summed E-state index contributed by atoms with van der Waals surface area (Å²) in [4.78, 5) is 12.2. The maximum absolute atomic E-state index is 12.2. The number of halogens is 2. The molecule has 2 aromatic carbocycles. The van der Waals surface area contributed by atoms with E-state index in [-0.39, 0.29) is 5.91 Å². The van der Waals surface area contributed by atoms with E-state index in [1.165, 1.54) is 0 Å². The van der Waals surface area contributed by atoms with Gasteiger partial charge in [0.25, 0.3) is 5.91 Å². The molecule has 1 N–H and O–H groups in total. The number of ether oxygens (including phenoxy) is 1. The third kappa shape index (κ3) is 3.06. The van der Waals surface area contributed by atoms with Crippen LogP contribution in [0.5, 0.6) is 5.75 Å². The first kappa shape index (κ1) is 14.7. The van der Waals surface area contributed by atoms with E-state index in [4.69, 9.17) is 27.9 Å². The number of hydrogen-bond acceptors (Lipinski definition) is 2. The average Bonchev–Trinajstić information content (AvgIpc) is 2.42. The van der Waals surface area contributed by atoms with E-state index < -0.39 is 0 Å². The monoisotopic (exact) mass is 309 g/mol. The zero-order chi connectivity index (χ0) is 14.7. The van der Waals surface area contributed by atoms with E-state index >= 15 is 0 Å². The second-order valence-electron chi connectivity index (χ2n) is 4.24. The smallest absolute Gasteiger partial charge is 0.255 e. The summed E-state index contributed by atoms with van der Waals surface area (Å²) in [5, 5.41) is 3.51.